The number of carbonyl (C=O) groups excluding carboxylic acids is 2. The van der Waals surface area contributed by atoms with Crippen molar-refractivity contribution in [3.63, 3.8) is 0 Å². The van der Waals surface area contributed by atoms with Gasteiger partial charge in [0.1, 0.15) is 11.5 Å². The standard InChI is InChI=1S/C25H22N2O5/c1-16-9-11-17(12-10-16)22-19-7-3-4-8-20(19)24(29)27(2)23(22)25(30)32-15-21(28)26-14-18-6-5-13-31-18/h3-13H,14-15H2,1-2H3,(H,26,28). The first kappa shape index (κ1) is 21.1. The molecule has 32 heavy (non-hydrogen) atoms. The van der Waals surface area contributed by atoms with Crippen molar-refractivity contribution < 1.29 is 18.7 Å². The summed E-state index contributed by atoms with van der Waals surface area (Å²) in [5.74, 6) is -0.639. The first-order valence-electron chi connectivity index (χ1n) is 10.1. The average Bonchev–Trinajstić information content (AvgIpc) is 3.33. The number of hydrogen-bond acceptors (Lipinski definition) is 5. The zero-order chi connectivity index (χ0) is 22.7. The van der Waals surface area contributed by atoms with Crippen molar-refractivity contribution in [1.82, 2.24) is 9.88 Å². The van der Waals surface area contributed by atoms with E-state index in [4.69, 9.17) is 9.15 Å². The lowest BCUT2D eigenvalue weighted by Gasteiger charge is -2.17. The third-order valence-corrected chi connectivity index (χ3v) is 5.21. The minimum atomic E-state index is -0.751. The molecule has 0 saturated carbocycles. The molecule has 1 N–H and O–H groups in total. The number of carbonyl (C=O) groups is 2. The number of fused-ring (bicyclic) bond motifs is 1. The Labute approximate surface area is 184 Å². The smallest absolute Gasteiger partial charge is 0.356 e. The van der Waals surface area contributed by atoms with Gasteiger partial charge in [0.05, 0.1) is 12.8 Å². The van der Waals surface area contributed by atoms with Gasteiger partial charge in [-0.05, 0) is 36.1 Å². The Morgan fingerprint density at radius 1 is 1.00 bits per heavy atom. The van der Waals surface area contributed by atoms with Crippen LogP contribution in [0, 0.1) is 6.92 Å². The van der Waals surface area contributed by atoms with E-state index in [1.807, 2.05) is 37.3 Å². The predicted molar refractivity (Wildman–Crippen MR) is 120 cm³/mol. The minimum absolute atomic E-state index is 0.0939. The van der Waals surface area contributed by atoms with Crippen LogP contribution in [0.25, 0.3) is 21.9 Å². The highest BCUT2D eigenvalue weighted by atomic mass is 16.5. The van der Waals surface area contributed by atoms with Gasteiger partial charge in [0.15, 0.2) is 6.61 Å². The number of nitrogens with one attached hydrogen (secondary N) is 1. The molecule has 162 valence electrons. The molecule has 2 aromatic carbocycles. The molecule has 0 aliphatic carbocycles. The van der Waals surface area contributed by atoms with E-state index in [2.05, 4.69) is 5.32 Å². The fraction of sp³-hybridized carbons (Fsp3) is 0.160. The highest BCUT2D eigenvalue weighted by molar-refractivity contribution is 6.07. The minimum Gasteiger partial charge on any atom is -0.467 e. The number of rotatable bonds is 6. The van der Waals surface area contributed by atoms with Crippen LogP contribution in [-0.4, -0.2) is 23.1 Å². The highest BCUT2D eigenvalue weighted by Gasteiger charge is 2.23. The maximum absolute atomic E-state index is 13.1. The van der Waals surface area contributed by atoms with Crippen molar-refractivity contribution in [1.29, 1.82) is 0 Å². The maximum Gasteiger partial charge on any atom is 0.356 e. The lowest BCUT2D eigenvalue weighted by atomic mass is 9.96. The van der Waals surface area contributed by atoms with E-state index in [-0.39, 0.29) is 17.8 Å². The molecule has 2 heterocycles. The van der Waals surface area contributed by atoms with Gasteiger partial charge in [-0.2, -0.15) is 0 Å². The molecule has 0 aliphatic rings. The van der Waals surface area contributed by atoms with Crippen LogP contribution >= 0.6 is 0 Å². The molecule has 0 atom stereocenters. The number of furan rings is 1. The molecule has 4 rings (SSSR count). The largest absolute Gasteiger partial charge is 0.467 e. The summed E-state index contributed by atoms with van der Waals surface area (Å²) < 4.78 is 11.7. The summed E-state index contributed by atoms with van der Waals surface area (Å²) in [6, 6.07) is 18.2. The van der Waals surface area contributed by atoms with E-state index < -0.39 is 18.5 Å². The second kappa shape index (κ2) is 8.93. The normalized spacial score (nSPS) is 10.8. The van der Waals surface area contributed by atoms with Crippen LogP contribution in [0.3, 0.4) is 0 Å². The topological polar surface area (TPSA) is 90.5 Å². The molecular formula is C25H22N2O5. The summed E-state index contributed by atoms with van der Waals surface area (Å²) in [5, 5.41) is 3.77. The second-order valence-corrected chi connectivity index (χ2v) is 7.43. The first-order chi connectivity index (χ1) is 15.5. The number of benzene rings is 2. The summed E-state index contributed by atoms with van der Waals surface area (Å²) in [6.07, 6.45) is 1.51. The Kier molecular flexibility index (Phi) is 5.89. The Morgan fingerprint density at radius 3 is 2.41 bits per heavy atom. The molecule has 2 aromatic heterocycles. The molecule has 0 fully saturated rings. The van der Waals surface area contributed by atoms with Crippen LogP contribution < -0.4 is 10.9 Å². The van der Waals surface area contributed by atoms with E-state index in [1.165, 1.54) is 17.9 Å². The Hall–Kier alpha value is -4.13. The van der Waals surface area contributed by atoms with Crippen molar-refractivity contribution in [2.75, 3.05) is 6.61 Å². The molecular weight excluding hydrogens is 408 g/mol. The van der Waals surface area contributed by atoms with Crippen LogP contribution in [-0.2, 0) is 23.1 Å². The lowest BCUT2D eigenvalue weighted by Crippen LogP contribution is -2.30. The van der Waals surface area contributed by atoms with Gasteiger partial charge in [0.2, 0.25) is 0 Å². The maximum atomic E-state index is 13.1. The zero-order valence-electron chi connectivity index (χ0n) is 17.8. The highest BCUT2D eigenvalue weighted by Crippen LogP contribution is 2.31. The van der Waals surface area contributed by atoms with E-state index >= 15 is 0 Å². The molecule has 1 amide bonds. The third-order valence-electron chi connectivity index (χ3n) is 5.21. The van der Waals surface area contributed by atoms with Gasteiger partial charge in [-0.15, -0.1) is 0 Å². The van der Waals surface area contributed by atoms with Crippen LogP contribution in [0.4, 0.5) is 0 Å². The number of amides is 1. The Bertz CT molecular complexity index is 1340. The molecule has 7 heteroatoms. The fourth-order valence-electron chi connectivity index (χ4n) is 3.57. The van der Waals surface area contributed by atoms with Gasteiger partial charge in [0, 0.05) is 18.0 Å². The second-order valence-electron chi connectivity index (χ2n) is 7.43. The first-order valence-corrected chi connectivity index (χ1v) is 10.1. The zero-order valence-corrected chi connectivity index (χ0v) is 17.8. The van der Waals surface area contributed by atoms with Crippen molar-refractivity contribution in [3.8, 4) is 11.1 Å². The molecule has 0 aliphatic heterocycles. The summed E-state index contributed by atoms with van der Waals surface area (Å²) in [7, 11) is 1.53. The quantitative estimate of drug-likeness (QED) is 0.472. The number of nitrogens with zero attached hydrogens (tertiary/aromatic N) is 1. The fourth-order valence-corrected chi connectivity index (χ4v) is 3.57. The number of aryl methyl sites for hydroxylation is 1. The number of hydrogen-bond donors (Lipinski definition) is 1. The predicted octanol–water partition coefficient (Wildman–Crippen LogP) is 3.58. The number of esters is 1. The van der Waals surface area contributed by atoms with Crippen molar-refractivity contribution in [2.45, 2.75) is 13.5 Å². The molecule has 7 nitrogen and oxygen atoms in total. The summed E-state index contributed by atoms with van der Waals surface area (Å²) >= 11 is 0. The van der Waals surface area contributed by atoms with Crippen LogP contribution in [0.5, 0.6) is 0 Å². The average molecular weight is 430 g/mol. The number of aromatic nitrogens is 1. The third kappa shape index (κ3) is 4.18. The lowest BCUT2D eigenvalue weighted by molar-refractivity contribution is -0.124. The molecule has 0 radical (unpaired) electrons. The van der Waals surface area contributed by atoms with Gasteiger partial charge >= 0.3 is 5.97 Å². The van der Waals surface area contributed by atoms with Gasteiger partial charge in [-0.3, -0.25) is 9.59 Å². The van der Waals surface area contributed by atoms with Crippen LogP contribution in [0.1, 0.15) is 21.8 Å². The monoisotopic (exact) mass is 430 g/mol. The van der Waals surface area contributed by atoms with Crippen molar-refractivity contribution in [2.24, 2.45) is 7.05 Å². The van der Waals surface area contributed by atoms with Gasteiger partial charge in [-0.25, -0.2) is 4.79 Å². The van der Waals surface area contributed by atoms with E-state index in [9.17, 15) is 14.4 Å². The molecule has 0 bridgehead atoms. The number of pyridine rings is 1. The molecule has 0 unspecified atom stereocenters. The number of ether oxygens (including phenoxy) is 1. The van der Waals surface area contributed by atoms with E-state index in [0.717, 1.165) is 11.1 Å². The van der Waals surface area contributed by atoms with Crippen LogP contribution in [0.15, 0.2) is 76.1 Å². The van der Waals surface area contributed by atoms with Crippen LogP contribution in [0.2, 0.25) is 0 Å². The van der Waals surface area contributed by atoms with Gasteiger partial charge in [-0.1, -0.05) is 48.0 Å². The van der Waals surface area contributed by atoms with E-state index in [1.54, 1.807) is 30.3 Å². The summed E-state index contributed by atoms with van der Waals surface area (Å²) in [4.78, 5) is 38.1. The summed E-state index contributed by atoms with van der Waals surface area (Å²) in [5.41, 5.74) is 2.21. The molecule has 0 saturated heterocycles. The summed E-state index contributed by atoms with van der Waals surface area (Å²) in [6.45, 7) is 1.68. The Morgan fingerprint density at radius 2 is 1.72 bits per heavy atom. The van der Waals surface area contributed by atoms with E-state index in [0.29, 0.717) is 22.1 Å². The van der Waals surface area contributed by atoms with Crippen molar-refractivity contribution >= 4 is 22.6 Å². The molecule has 0 spiro atoms. The van der Waals surface area contributed by atoms with Gasteiger partial charge < -0.3 is 19.0 Å². The molecule has 4 aromatic rings. The van der Waals surface area contributed by atoms with Gasteiger partial charge in [0.25, 0.3) is 11.5 Å². The van der Waals surface area contributed by atoms with Crippen molar-refractivity contribution in [3.05, 3.63) is 94.3 Å². The Balaban J connectivity index is 1.68. The SMILES string of the molecule is Cc1ccc(-c2c(C(=O)OCC(=O)NCc3ccco3)n(C)c(=O)c3ccccc23)cc1.